The first kappa shape index (κ1) is 18.5. The van der Waals surface area contributed by atoms with Gasteiger partial charge in [0.2, 0.25) is 11.8 Å². The molecule has 2 aliphatic rings. The van der Waals surface area contributed by atoms with E-state index >= 15 is 0 Å². The van der Waals surface area contributed by atoms with Crippen molar-refractivity contribution in [2.24, 2.45) is 5.41 Å². The van der Waals surface area contributed by atoms with Crippen LogP contribution in [0.4, 0.5) is 5.69 Å². The molecule has 0 atom stereocenters. The average Bonchev–Trinajstić information content (AvgIpc) is 3.42. The Morgan fingerprint density at radius 2 is 1.69 bits per heavy atom. The maximum Gasteiger partial charge on any atom is 0.238 e. The number of amides is 2. The maximum atomic E-state index is 13.0. The Bertz CT molecular complexity index is 684. The minimum Gasteiger partial charge on any atom is -0.495 e. The molecule has 142 valence electrons. The summed E-state index contributed by atoms with van der Waals surface area (Å²) >= 11 is 0. The van der Waals surface area contributed by atoms with Gasteiger partial charge in [-0.1, -0.05) is 12.1 Å². The van der Waals surface area contributed by atoms with Crippen molar-refractivity contribution in [1.29, 1.82) is 0 Å². The zero-order chi connectivity index (χ0) is 18.9. The summed E-state index contributed by atoms with van der Waals surface area (Å²) in [5.74, 6) is 0.705. The van der Waals surface area contributed by atoms with E-state index in [2.05, 4.69) is 10.2 Å². The predicted molar refractivity (Wildman–Crippen MR) is 101 cm³/mol. The van der Waals surface area contributed by atoms with E-state index in [9.17, 15) is 9.59 Å². The molecule has 0 aromatic heterocycles. The third kappa shape index (κ3) is 3.64. The number of ether oxygens (including phenoxy) is 1. The number of hydrogen-bond donors (Lipinski definition) is 1. The minimum absolute atomic E-state index is 0.0149. The van der Waals surface area contributed by atoms with Crippen molar-refractivity contribution in [1.82, 2.24) is 10.2 Å². The van der Waals surface area contributed by atoms with Crippen molar-refractivity contribution in [3.63, 3.8) is 0 Å². The molecule has 26 heavy (non-hydrogen) atoms. The molecule has 3 rings (SSSR count). The highest BCUT2D eigenvalue weighted by Crippen LogP contribution is 2.48. The molecule has 1 saturated carbocycles. The molecule has 6 nitrogen and oxygen atoms in total. The number of piperazine rings is 1. The van der Waals surface area contributed by atoms with Gasteiger partial charge in [0.15, 0.2) is 0 Å². The Kier molecular flexibility index (Phi) is 4.86. The van der Waals surface area contributed by atoms with Crippen LogP contribution in [0.1, 0.15) is 33.6 Å². The summed E-state index contributed by atoms with van der Waals surface area (Å²) in [5, 5.41) is 2.98. The Hall–Kier alpha value is -2.24. The fourth-order valence-electron chi connectivity index (χ4n) is 3.47. The Morgan fingerprint density at radius 3 is 2.23 bits per heavy atom. The van der Waals surface area contributed by atoms with Gasteiger partial charge in [0.25, 0.3) is 0 Å². The summed E-state index contributed by atoms with van der Waals surface area (Å²) in [5.41, 5.74) is -0.108. The fraction of sp³-hybridized carbons (Fsp3) is 0.600. The molecule has 0 bridgehead atoms. The second-order valence-corrected chi connectivity index (χ2v) is 8.24. The van der Waals surface area contributed by atoms with E-state index in [1.54, 1.807) is 7.11 Å². The number of rotatable bonds is 4. The van der Waals surface area contributed by atoms with Crippen molar-refractivity contribution in [3.8, 4) is 5.75 Å². The second-order valence-electron chi connectivity index (χ2n) is 8.24. The van der Waals surface area contributed by atoms with Crippen LogP contribution >= 0.6 is 0 Å². The van der Waals surface area contributed by atoms with Crippen molar-refractivity contribution >= 4 is 17.5 Å². The van der Waals surface area contributed by atoms with Gasteiger partial charge in [0.1, 0.15) is 11.2 Å². The molecule has 6 heteroatoms. The molecular formula is C20H29N3O3. The lowest BCUT2D eigenvalue weighted by atomic mass is 10.0. The van der Waals surface area contributed by atoms with E-state index in [1.807, 2.05) is 49.9 Å². The molecule has 1 aromatic rings. The fourth-order valence-corrected chi connectivity index (χ4v) is 3.47. The summed E-state index contributed by atoms with van der Waals surface area (Å²) in [7, 11) is 1.67. The lowest BCUT2D eigenvalue weighted by molar-refractivity contribution is -0.145. The SMILES string of the molecule is COc1ccccc1N1CCN(C(=O)C2(C(=O)NC(C)(C)C)CC2)CC1. The Labute approximate surface area is 155 Å². The first-order valence-corrected chi connectivity index (χ1v) is 9.27. The number of hydrogen-bond acceptors (Lipinski definition) is 4. The van der Waals surface area contributed by atoms with Gasteiger partial charge < -0.3 is 19.9 Å². The van der Waals surface area contributed by atoms with Crippen LogP contribution in [-0.2, 0) is 9.59 Å². The molecular weight excluding hydrogens is 330 g/mol. The summed E-state index contributed by atoms with van der Waals surface area (Å²) in [6.07, 6.45) is 1.31. The zero-order valence-electron chi connectivity index (χ0n) is 16.2. The van der Waals surface area contributed by atoms with E-state index in [0.717, 1.165) is 24.5 Å². The number of benzene rings is 1. The van der Waals surface area contributed by atoms with E-state index in [1.165, 1.54) is 0 Å². The zero-order valence-corrected chi connectivity index (χ0v) is 16.2. The normalized spacial score (nSPS) is 19.1. The van der Waals surface area contributed by atoms with Crippen LogP contribution in [0.2, 0.25) is 0 Å². The number of nitrogens with zero attached hydrogens (tertiary/aromatic N) is 2. The van der Waals surface area contributed by atoms with Gasteiger partial charge in [-0.15, -0.1) is 0 Å². The highest BCUT2D eigenvalue weighted by Gasteiger charge is 2.58. The van der Waals surface area contributed by atoms with E-state index in [4.69, 9.17) is 4.74 Å². The van der Waals surface area contributed by atoms with Crippen molar-refractivity contribution < 1.29 is 14.3 Å². The Morgan fingerprint density at radius 1 is 1.08 bits per heavy atom. The van der Waals surface area contributed by atoms with Gasteiger partial charge in [0, 0.05) is 31.7 Å². The topological polar surface area (TPSA) is 61.9 Å². The quantitative estimate of drug-likeness (QED) is 0.836. The van der Waals surface area contributed by atoms with Crippen molar-refractivity contribution in [2.45, 2.75) is 39.2 Å². The van der Waals surface area contributed by atoms with Gasteiger partial charge in [-0.3, -0.25) is 9.59 Å². The Balaban J connectivity index is 1.63. The third-order valence-electron chi connectivity index (χ3n) is 5.08. The molecule has 0 radical (unpaired) electrons. The highest BCUT2D eigenvalue weighted by atomic mass is 16.5. The molecule has 1 aromatic carbocycles. The largest absolute Gasteiger partial charge is 0.495 e. The first-order chi connectivity index (χ1) is 12.3. The molecule has 1 heterocycles. The van der Waals surface area contributed by atoms with Crippen molar-refractivity contribution in [2.75, 3.05) is 38.2 Å². The molecule has 2 amide bonds. The number of nitrogens with one attached hydrogen (secondary N) is 1. The number of carbonyl (C=O) groups is 2. The summed E-state index contributed by atoms with van der Waals surface area (Å²) in [4.78, 5) is 29.7. The van der Waals surface area contributed by atoms with Gasteiger partial charge in [-0.2, -0.15) is 0 Å². The van der Waals surface area contributed by atoms with Crippen LogP contribution in [-0.4, -0.2) is 55.5 Å². The maximum absolute atomic E-state index is 13.0. The lowest BCUT2D eigenvalue weighted by Gasteiger charge is -2.38. The van der Waals surface area contributed by atoms with Gasteiger partial charge >= 0.3 is 0 Å². The van der Waals surface area contributed by atoms with Crippen LogP contribution in [0.25, 0.3) is 0 Å². The summed E-state index contributed by atoms with van der Waals surface area (Å²) < 4.78 is 5.44. The molecule has 1 N–H and O–H groups in total. The number of anilines is 1. The van der Waals surface area contributed by atoms with Gasteiger partial charge in [0.05, 0.1) is 12.8 Å². The van der Waals surface area contributed by atoms with E-state index in [0.29, 0.717) is 25.9 Å². The number of carbonyl (C=O) groups excluding carboxylic acids is 2. The summed E-state index contributed by atoms with van der Waals surface area (Å²) in [6.45, 7) is 8.56. The minimum atomic E-state index is -0.833. The smallest absolute Gasteiger partial charge is 0.238 e. The molecule has 0 unspecified atom stereocenters. The third-order valence-corrected chi connectivity index (χ3v) is 5.08. The molecule has 1 saturated heterocycles. The molecule has 1 aliphatic carbocycles. The molecule has 0 spiro atoms. The second kappa shape index (κ2) is 6.82. The van der Waals surface area contributed by atoms with Crippen LogP contribution in [0.5, 0.6) is 5.75 Å². The average molecular weight is 359 g/mol. The summed E-state index contributed by atoms with van der Waals surface area (Å²) in [6, 6.07) is 7.93. The van der Waals surface area contributed by atoms with Gasteiger partial charge in [-0.25, -0.2) is 0 Å². The molecule has 1 aliphatic heterocycles. The number of para-hydroxylation sites is 2. The van der Waals surface area contributed by atoms with E-state index in [-0.39, 0.29) is 17.4 Å². The lowest BCUT2D eigenvalue weighted by Crippen LogP contribution is -2.55. The van der Waals surface area contributed by atoms with E-state index < -0.39 is 5.41 Å². The van der Waals surface area contributed by atoms with Crippen LogP contribution in [0.3, 0.4) is 0 Å². The highest BCUT2D eigenvalue weighted by molar-refractivity contribution is 6.08. The van der Waals surface area contributed by atoms with Crippen LogP contribution in [0.15, 0.2) is 24.3 Å². The molecule has 2 fully saturated rings. The monoisotopic (exact) mass is 359 g/mol. The van der Waals surface area contributed by atoms with Crippen molar-refractivity contribution in [3.05, 3.63) is 24.3 Å². The standard InChI is InChI=1S/C20H29N3O3/c1-19(2,3)21-17(24)20(9-10-20)18(25)23-13-11-22(12-14-23)15-7-5-6-8-16(15)26-4/h5-8H,9-14H2,1-4H3,(H,21,24). The predicted octanol–water partition coefficient (Wildman–Crippen LogP) is 2.04. The first-order valence-electron chi connectivity index (χ1n) is 9.27. The van der Waals surface area contributed by atoms with Gasteiger partial charge in [-0.05, 0) is 45.7 Å². The van der Waals surface area contributed by atoms with Crippen LogP contribution < -0.4 is 15.0 Å². The number of methoxy groups -OCH3 is 1. The van der Waals surface area contributed by atoms with Crippen LogP contribution in [0, 0.1) is 5.41 Å².